The van der Waals surface area contributed by atoms with Crippen molar-refractivity contribution in [1.82, 2.24) is 19.3 Å². The molecule has 98 valence electrons. The van der Waals surface area contributed by atoms with E-state index in [-0.39, 0.29) is 15.9 Å². The Morgan fingerprint density at radius 3 is 2.78 bits per heavy atom. The van der Waals surface area contributed by atoms with Crippen LogP contribution < -0.4 is 10.5 Å². The van der Waals surface area contributed by atoms with Crippen molar-refractivity contribution >= 4 is 26.5 Å². The first-order valence-electron chi connectivity index (χ1n) is 5.09. The number of nitrogens with one attached hydrogen (secondary N) is 1. The zero-order chi connectivity index (χ0) is 13.3. The third-order valence-electron chi connectivity index (χ3n) is 2.36. The maximum Gasteiger partial charge on any atom is 0.252 e. The van der Waals surface area contributed by atoms with Crippen LogP contribution in [-0.2, 0) is 23.6 Å². The van der Waals surface area contributed by atoms with Crippen LogP contribution in [0.2, 0.25) is 0 Å². The summed E-state index contributed by atoms with van der Waals surface area (Å²) in [7, 11) is -1.79. The molecule has 0 radical (unpaired) electrons. The van der Waals surface area contributed by atoms with Crippen molar-refractivity contribution in [3.63, 3.8) is 0 Å². The van der Waals surface area contributed by atoms with Crippen LogP contribution in [-0.4, -0.2) is 23.0 Å². The van der Waals surface area contributed by atoms with E-state index in [4.69, 9.17) is 5.73 Å². The fraction of sp³-hybridized carbons (Fsp3) is 0.333. The molecule has 0 aliphatic carbocycles. The summed E-state index contributed by atoms with van der Waals surface area (Å²) in [5.41, 5.74) is 5.90. The Kier molecular flexibility index (Phi) is 3.37. The number of hydrogen-bond donors (Lipinski definition) is 2. The topological polar surface area (TPSA) is 103 Å². The summed E-state index contributed by atoms with van der Waals surface area (Å²) in [6.07, 6.45) is 3.36. The van der Waals surface area contributed by atoms with Gasteiger partial charge in [0.15, 0.2) is 9.34 Å². The minimum Gasteiger partial charge on any atom is -0.375 e. The first-order chi connectivity index (χ1) is 8.40. The quantitative estimate of drug-likeness (QED) is 0.839. The number of nitrogens with zero attached hydrogens (tertiary/aromatic N) is 3. The fourth-order valence-electron chi connectivity index (χ4n) is 1.44. The number of thiazole rings is 1. The molecule has 0 aliphatic heterocycles. The van der Waals surface area contributed by atoms with Gasteiger partial charge in [-0.15, -0.1) is 0 Å². The van der Waals surface area contributed by atoms with Crippen molar-refractivity contribution in [2.75, 3.05) is 5.73 Å². The van der Waals surface area contributed by atoms with Crippen LogP contribution in [0, 0.1) is 6.92 Å². The van der Waals surface area contributed by atoms with E-state index in [9.17, 15) is 8.42 Å². The molecule has 7 nitrogen and oxygen atoms in total. The molecule has 18 heavy (non-hydrogen) atoms. The van der Waals surface area contributed by atoms with E-state index in [1.165, 1.54) is 0 Å². The highest BCUT2D eigenvalue weighted by Gasteiger charge is 2.21. The molecule has 2 heterocycles. The minimum absolute atomic E-state index is 0.128. The molecule has 0 amide bonds. The van der Waals surface area contributed by atoms with Gasteiger partial charge in [0.1, 0.15) is 5.82 Å². The summed E-state index contributed by atoms with van der Waals surface area (Å²) in [5.74, 6) is 0.633. The Hall–Kier alpha value is -1.45. The Balaban J connectivity index is 2.18. The SMILES string of the molecule is Cc1nc(N)sc1S(=O)(=O)NCc1nccn1C. The molecule has 0 fully saturated rings. The molecule has 9 heteroatoms. The van der Waals surface area contributed by atoms with Crippen LogP contribution >= 0.6 is 11.3 Å². The van der Waals surface area contributed by atoms with Gasteiger partial charge in [-0.2, -0.15) is 0 Å². The van der Waals surface area contributed by atoms with Gasteiger partial charge >= 0.3 is 0 Å². The Labute approximate surface area is 109 Å². The van der Waals surface area contributed by atoms with Crippen molar-refractivity contribution in [2.24, 2.45) is 7.05 Å². The maximum atomic E-state index is 12.0. The van der Waals surface area contributed by atoms with E-state index in [0.717, 1.165) is 11.3 Å². The van der Waals surface area contributed by atoms with E-state index >= 15 is 0 Å². The van der Waals surface area contributed by atoms with Gasteiger partial charge in [0.05, 0.1) is 12.2 Å². The fourth-order valence-corrected chi connectivity index (χ4v) is 3.77. The van der Waals surface area contributed by atoms with Crippen molar-refractivity contribution in [2.45, 2.75) is 17.7 Å². The smallest absolute Gasteiger partial charge is 0.252 e. The average Bonchev–Trinajstić information content (AvgIpc) is 2.82. The first-order valence-corrected chi connectivity index (χ1v) is 7.39. The standard InChI is InChI=1S/C9H13N5O2S2/c1-6-8(17-9(10)13-6)18(15,16)12-5-7-11-3-4-14(7)2/h3-4,12H,5H2,1-2H3,(H2,10,13). The van der Waals surface area contributed by atoms with Gasteiger partial charge in [-0.3, -0.25) is 0 Å². The predicted octanol–water partition coefficient (Wildman–Crippen LogP) is 0.246. The molecule has 3 N–H and O–H groups in total. The Morgan fingerprint density at radius 1 is 1.56 bits per heavy atom. The van der Waals surface area contributed by atoms with E-state index < -0.39 is 10.0 Å². The molecule has 0 aliphatic rings. The van der Waals surface area contributed by atoms with Gasteiger partial charge in [-0.25, -0.2) is 23.1 Å². The third-order valence-corrected chi connectivity index (χ3v) is 5.35. The number of anilines is 1. The highest BCUT2D eigenvalue weighted by atomic mass is 32.2. The van der Waals surface area contributed by atoms with Gasteiger partial charge in [-0.05, 0) is 6.92 Å². The van der Waals surface area contributed by atoms with E-state index in [1.54, 1.807) is 30.9 Å². The third kappa shape index (κ3) is 2.52. The summed E-state index contributed by atoms with van der Waals surface area (Å²) < 4.78 is 28.4. The zero-order valence-electron chi connectivity index (χ0n) is 9.91. The molecule has 0 bridgehead atoms. The summed E-state index contributed by atoms with van der Waals surface area (Å²) in [6.45, 7) is 1.74. The number of aromatic nitrogens is 3. The Bertz CT molecular complexity index is 658. The highest BCUT2D eigenvalue weighted by Crippen LogP contribution is 2.24. The summed E-state index contributed by atoms with van der Waals surface area (Å²) in [5, 5.41) is 0.241. The minimum atomic E-state index is -3.59. The van der Waals surface area contributed by atoms with Crippen LogP contribution in [0.25, 0.3) is 0 Å². The molecule has 2 aromatic rings. The molecular formula is C9H13N5O2S2. The molecule has 0 saturated carbocycles. The van der Waals surface area contributed by atoms with E-state index in [1.807, 2.05) is 0 Å². The van der Waals surface area contributed by atoms with E-state index in [2.05, 4.69) is 14.7 Å². The molecule has 2 aromatic heterocycles. The Morgan fingerprint density at radius 2 is 2.28 bits per heavy atom. The van der Waals surface area contributed by atoms with Crippen LogP contribution in [0.5, 0.6) is 0 Å². The molecule has 0 saturated heterocycles. The maximum absolute atomic E-state index is 12.0. The number of nitrogens with two attached hydrogens (primary N) is 1. The monoisotopic (exact) mass is 287 g/mol. The molecule has 0 spiro atoms. The lowest BCUT2D eigenvalue weighted by molar-refractivity contribution is 0.579. The van der Waals surface area contributed by atoms with Gasteiger partial charge in [-0.1, -0.05) is 11.3 Å². The van der Waals surface area contributed by atoms with Gasteiger partial charge in [0.2, 0.25) is 0 Å². The number of rotatable bonds is 4. The largest absolute Gasteiger partial charge is 0.375 e. The summed E-state index contributed by atoms with van der Waals surface area (Å²) in [6, 6.07) is 0. The summed E-state index contributed by atoms with van der Waals surface area (Å²) >= 11 is 0.952. The molecule has 0 aromatic carbocycles. The van der Waals surface area contributed by atoms with Crippen molar-refractivity contribution < 1.29 is 8.42 Å². The highest BCUT2D eigenvalue weighted by molar-refractivity contribution is 7.91. The van der Waals surface area contributed by atoms with Crippen LogP contribution in [0.1, 0.15) is 11.5 Å². The predicted molar refractivity (Wildman–Crippen MR) is 68.5 cm³/mol. The number of aryl methyl sites for hydroxylation is 2. The molecule has 0 atom stereocenters. The number of sulfonamides is 1. The lowest BCUT2D eigenvalue weighted by Gasteiger charge is -2.05. The van der Waals surface area contributed by atoms with Crippen LogP contribution in [0.3, 0.4) is 0 Å². The first kappa shape index (κ1) is 13.0. The zero-order valence-corrected chi connectivity index (χ0v) is 11.5. The molecular weight excluding hydrogens is 274 g/mol. The second-order valence-corrected chi connectivity index (χ2v) is 6.70. The lowest BCUT2D eigenvalue weighted by atomic mass is 10.6. The second-order valence-electron chi connectivity index (χ2n) is 3.70. The van der Waals surface area contributed by atoms with E-state index in [0.29, 0.717) is 11.5 Å². The van der Waals surface area contributed by atoms with Crippen LogP contribution in [0.15, 0.2) is 16.6 Å². The van der Waals surface area contributed by atoms with Crippen LogP contribution in [0.4, 0.5) is 5.13 Å². The van der Waals surface area contributed by atoms with Gasteiger partial charge < -0.3 is 10.3 Å². The second kappa shape index (κ2) is 4.67. The number of nitrogen functional groups attached to an aromatic ring is 1. The number of imidazole rings is 1. The van der Waals surface area contributed by atoms with Gasteiger partial charge in [0.25, 0.3) is 10.0 Å². The van der Waals surface area contributed by atoms with Crippen molar-refractivity contribution in [3.8, 4) is 0 Å². The summed E-state index contributed by atoms with van der Waals surface area (Å²) in [4.78, 5) is 7.94. The molecule has 2 rings (SSSR count). The lowest BCUT2D eigenvalue weighted by Crippen LogP contribution is -2.24. The molecule has 0 unspecified atom stereocenters. The van der Waals surface area contributed by atoms with Crippen molar-refractivity contribution in [3.05, 3.63) is 23.9 Å². The van der Waals surface area contributed by atoms with Gasteiger partial charge in [0, 0.05) is 19.4 Å². The number of hydrogen-bond acceptors (Lipinski definition) is 6. The average molecular weight is 287 g/mol. The van der Waals surface area contributed by atoms with Crippen molar-refractivity contribution in [1.29, 1.82) is 0 Å². The normalized spacial score (nSPS) is 11.9.